The number of aryl methyl sites for hydroxylation is 1. The van der Waals surface area contributed by atoms with E-state index in [1.807, 2.05) is 24.1 Å². The number of carbonyl (C=O) groups excluding carboxylic acids is 1. The molecule has 0 bridgehead atoms. The summed E-state index contributed by atoms with van der Waals surface area (Å²) < 4.78 is 8.33. The predicted octanol–water partition coefficient (Wildman–Crippen LogP) is 4.10. The highest BCUT2D eigenvalue weighted by Gasteiger charge is 2.39. The van der Waals surface area contributed by atoms with Gasteiger partial charge in [-0.3, -0.25) is 9.48 Å². The van der Waals surface area contributed by atoms with Crippen LogP contribution in [0.25, 0.3) is 11.1 Å². The van der Waals surface area contributed by atoms with E-state index in [-0.39, 0.29) is 12.0 Å². The van der Waals surface area contributed by atoms with Crippen LogP contribution in [-0.2, 0) is 18.3 Å². The van der Waals surface area contributed by atoms with Crippen LogP contribution in [0.4, 0.5) is 5.69 Å². The fraction of sp³-hybridized carbons (Fsp3) is 0.545. The molecule has 1 aromatic carbocycles. The Kier molecular flexibility index (Phi) is 3.99. The van der Waals surface area contributed by atoms with E-state index in [0.717, 1.165) is 61.1 Å². The van der Waals surface area contributed by atoms with Crippen LogP contribution in [0.2, 0.25) is 0 Å². The van der Waals surface area contributed by atoms with Crippen LogP contribution in [0.5, 0.6) is 5.75 Å². The number of amides is 1. The summed E-state index contributed by atoms with van der Waals surface area (Å²) in [5, 5.41) is 4.34. The highest BCUT2D eigenvalue weighted by atomic mass is 16.5. The molecule has 0 N–H and O–H groups in total. The van der Waals surface area contributed by atoms with Crippen molar-refractivity contribution in [2.45, 2.75) is 64.0 Å². The number of fused-ring (bicyclic) bond motifs is 1. The topological polar surface area (TPSA) is 47.4 Å². The van der Waals surface area contributed by atoms with Crippen LogP contribution in [0.3, 0.4) is 0 Å². The van der Waals surface area contributed by atoms with Gasteiger partial charge in [-0.25, -0.2) is 0 Å². The van der Waals surface area contributed by atoms with E-state index in [1.54, 1.807) is 0 Å². The van der Waals surface area contributed by atoms with Gasteiger partial charge >= 0.3 is 0 Å². The Morgan fingerprint density at radius 1 is 1.19 bits per heavy atom. The van der Waals surface area contributed by atoms with Gasteiger partial charge in [0.05, 0.1) is 18.0 Å². The lowest BCUT2D eigenvalue weighted by Crippen LogP contribution is -2.43. The molecule has 1 unspecified atom stereocenters. The first-order valence-electron chi connectivity index (χ1n) is 10.3. The predicted molar refractivity (Wildman–Crippen MR) is 105 cm³/mol. The maximum atomic E-state index is 13.0. The molecule has 2 aliphatic carbocycles. The number of ether oxygens (including phenoxy) is 1. The van der Waals surface area contributed by atoms with Crippen LogP contribution in [0.15, 0.2) is 24.5 Å². The summed E-state index contributed by atoms with van der Waals surface area (Å²) in [7, 11) is 1.94. The molecule has 2 saturated carbocycles. The van der Waals surface area contributed by atoms with Crippen molar-refractivity contribution in [2.24, 2.45) is 13.0 Å². The Labute approximate surface area is 160 Å². The van der Waals surface area contributed by atoms with E-state index in [1.165, 1.54) is 12.0 Å². The SMILES string of the molecule is CC1CCc2c(ccc(-c3cnn(C)c3)c2OC2CCC2)N1C(=O)C1CC1. The first-order valence-corrected chi connectivity index (χ1v) is 10.3. The molecule has 5 nitrogen and oxygen atoms in total. The first-order chi connectivity index (χ1) is 13.1. The molecular formula is C22H27N3O2. The molecule has 1 aromatic heterocycles. The van der Waals surface area contributed by atoms with Crippen molar-refractivity contribution in [3.05, 3.63) is 30.1 Å². The van der Waals surface area contributed by atoms with E-state index in [9.17, 15) is 4.79 Å². The Morgan fingerprint density at radius 2 is 2.00 bits per heavy atom. The summed E-state index contributed by atoms with van der Waals surface area (Å²) in [4.78, 5) is 15.0. The van der Waals surface area contributed by atoms with Gasteiger partial charge in [-0.15, -0.1) is 0 Å². The highest BCUT2D eigenvalue weighted by molar-refractivity contribution is 5.99. The molecule has 1 atom stereocenters. The molecule has 3 aliphatic rings. The number of anilines is 1. The van der Waals surface area contributed by atoms with Gasteiger partial charge in [0, 0.05) is 41.9 Å². The zero-order chi connectivity index (χ0) is 18.5. The van der Waals surface area contributed by atoms with Crippen molar-refractivity contribution in [3.63, 3.8) is 0 Å². The van der Waals surface area contributed by atoms with Crippen molar-refractivity contribution in [2.75, 3.05) is 4.90 Å². The van der Waals surface area contributed by atoms with Crippen molar-refractivity contribution >= 4 is 11.6 Å². The molecule has 0 radical (unpaired) electrons. The summed E-state index contributed by atoms with van der Waals surface area (Å²) in [6, 6.07) is 4.50. The van der Waals surface area contributed by atoms with Gasteiger partial charge < -0.3 is 9.64 Å². The molecule has 2 aromatic rings. The van der Waals surface area contributed by atoms with E-state index < -0.39 is 0 Å². The van der Waals surface area contributed by atoms with Crippen LogP contribution in [0, 0.1) is 5.92 Å². The van der Waals surface area contributed by atoms with Gasteiger partial charge in [0.25, 0.3) is 0 Å². The molecule has 27 heavy (non-hydrogen) atoms. The smallest absolute Gasteiger partial charge is 0.230 e. The zero-order valence-corrected chi connectivity index (χ0v) is 16.1. The molecule has 5 heteroatoms. The van der Waals surface area contributed by atoms with E-state index in [2.05, 4.69) is 29.1 Å². The molecule has 2 heterocycles. The molecule has 142 valence electrons. The van der Waals surface area contributed by atoms with Gasteiger partial charge in [0.2, 0.25) is 5.91 Å². The molecule has 0 saturated heterocycles. The van der Waals surface area contributed by atoms with Gasteiger partial charge in [0.15, 0.2) is 0 Å². The Bertz CT molecular complexity index is 880. The molecule has 0 spiro atoms. The minimum absolute atomic E-state index is 0.229. The summed E-state index contributed by atoms with van der Waals surface area (Å²) in [5.74, 6) is 1.50. The molecule has 2 fully saturated rings. The average molecular weight is 365 g/mol. The van der Waals surface area contributed by atoms with E-state index in [4.69, 9.17) is 4.74 Å². The average Bonchev–Trinajstić information content (AvgIpc) is 3.38. The monoisotopic (exact) mass is 365 g/mol. The third kappa shape index (κ3) is 2.93. The van der Waals surface area contributed by atoms with Gasteiger partial charge in [-0.1, -0.05) is 0 Å². The van der Waals surface area contributed by atoms with E-state index >= 15 is 0 Å². The van der Waals surface area contributed by atoms with Crippen molar-refractivity contribution in [1.29, 1.82) is 0 Å². The summed E-state index contributed by atoms with van der Waals surface area (Å²) in [6.07, 6.45) is 11.7. The lowest BCUT2D eigenvalue weighted by Gasteiger charge is -2.38. The third-order valence-corrected chi connectivity index (χ3v) is 6.26. The third-order valence-electron chi connectivity index (χ3n) is 6.26. The largest absolute Gasteiger partial charge is 0.489 e. The second-order valence-corrected chi connectivity index (χ2v) is 8.38. The molecule has 1 amide bonds. The van der Waals surface area contributed by atoms with Crippen molar-refractivity contribution < 1.29 is 9.53 Å². The normalized spacial score (nSPS) is 22.3. The number of carbonyl (C=O) groups is 1. The number of nitrogens with zero attached hydrogens (tertiary/aromatic N) is 3. The Hall–Kier alpha value is -2.30. The first kappa shape index (κ1) is 16.8. The maximum Gasteiger partial charge on any atom is 0.230 e. The Morgan fingerprint density at radius 3 is 2.63 bits per heavy atom. The van der Waals surface area contributed by atoms with Gasteiger partial charge in [-0.2, -0.15) is 5.10 Å². The second-order valence-electron chi connectivity index (χ2n) is 8.38. The molecule has 5 rings (SSSR count). The fourth-order valence-electron chi connectivity index (χ4n) is 4.24. The lowest BCUT2D eigenvalue weighted by atomic mass is 9.91. The number of aromatic nitrogens is 2. The van der Waals surface area contributed by atoms with Crippen LogP contribution in [0.1, 0.15) is 51.0 Å². The minimum atomic E-state index is 0.229. The van der Waals surface area contributed by atoms with Gasteiger partial charge in [-0.05, 0) is 64.0 Å². The van der Waals surface area contributed by atoms with Crippen LogP contribution >= 0.6 is 0 Å². The van der Waals surface area contributed by atoms with E-state index in [0.29, 0.717) is 12.0 Å². The number of hydrogen-bond donors (Lipinski definition) is 0. The van der Waals surface area contributed by atoms with Crippen molar-refractivity contribution in [3.8, 4) is 16.9 Å². The quantitative estimate of drug-likeness (QED) is 0.820. The van der Waals surface area contributed by atoms with Crippen LogP contribution < -0.4 is 9.64 Å². The molecule has 1 aliphatic heterocycles. The number of hydrogen-bond acceptors (Lipinski definition) is 3. The summed E-state index contributed by atoms with van der Waals surface area (Å²) in [6.45, 7) is 2.17. The highest BCUT2D eigenvalue weighted by Crippen LogP contribution is 2.46. The van der Waals surface area contributed by atoms with Crippen LogP contribution in [-0.4, -0.2) is 27.8 Å². The van der Waals surface area contributed by atoms with Gasteiger partial charge in [0.1, 0.15) is 5.75 Å². The summed E-state index contributed by atoms with van der Waals surface area (Å²) in [5.41, 5.74) is 4.44. The standard InChI is InChI=1S/C22H27N3O2/c1-14-6-9-19-20(25(14)22(26)15-7-8-15)11-10-18(16-12-23-24(2)13-16)21(19)27-17-4-3-5-17/h10-15,17H,3-9H2,1-2H3. The minimum Gasteiger partial charge on any atom is -0.489 e. The maximum absolute atomic E-state index is 13.0. The number of rotatable bonds is 4. The Balaban J connectivity index is 1.61. The lowest BCUT2D eigenvalue weighted by molar-refractivity contribution is -0.120. The zero-order valence-electron chi connectivity index (χ0n) is 16.1. The second kappa shape index (κ2) is 6.39. The molecular weight excluding hydrogens is 338 g/mol. The summed E-state index contributed by atoms with van der Waals surface area (Å²) >= 11 is 0. The number of benzene rings is 1. The fourth-order valence-corrected chi connectivity index (χ4v) is 4.24. The van der Waals surface area contributed by atoms with Crippen molar-refractivity contribution in [1.82, 2.24) is 9.78 Å².